The van der Waals surface area contributed by atoms with Crippen molar-refractivity contribution < 1.29 is 32.2 Å². The Balaban J connectivity index is 2.45. The van der Waals surface area contributed by atoms with Crippen LogP contribution in [0.4, 0.5) is 13.2 Å². The Morgan fingerprint density at radius 2 is 1.68 bits per heavy atom. The summed E-state index contributed by atoms with van der Waals surface area (Å²) in [5.74, 6) is -3.41. The molecule has 0 N–H and O–H groups in total. The molecule has 1 aromatic carbocycles. The van der Waals surface area contributed by atoms with Gasteiger partial charge in [0.25, 0.3) is 5.79 Å². The first-order valence-electron chi connectivity index (χ1n) is 6.05. The molecule has 1 aliphatic heterocycles. The lowest BCUT2D eigenvalue weighted by molar-refractivity contribution is -0.222. The van der Waals surface area contributed by atoms with Crippen molar-refractivity contribution in [2.45, 2.75) is 25.8 Å². The van der Waals surface area contributed by atoms with E-state index in [1.165, 1.54) is 13.8 Å². The number of halogens is 4. The summed E-state index contributed by atoms with van der Waals surface area (Å²) >= 11 is 5.80. The predicted molar refractivity (Wildman–Crippen MR) is 70.7 cm³/mol. The van der Waals surface area contributed by atoms with Gasteiger partial charge in [0.05, 0.1) is 5.56 Å². The SMILES string of the molecule is CC1(C)OC(=O)C(=Cc2cc(C(F)(F)F)ccc2Cl)C(=O)O1. The maximum absolute atomic E-state index is 12.7. The van der Waals surface area contributed by atoms with Crippen LogP contribution in [0.25, 0.3) is 6.08 Å². The first-order valence-corrected chi connectivity index (χ1v) is 6.42. The lowest BCUT2D eigenvalue weighted by Crippen LogP contribution is -2.41. The summed E-state index contributed by atoms with van der Waals surface area (Å²) in [6.07, 6.45) is -3.66. The van der Waals surface area contributed by atoms with Crippen molar-refractivity contribution >= 4 is 29.6 Å². The number of ether oxygens (including phenoxy) is 2. The Morgan fingerprint density at radius 1 is 1.14 bits per heavy atom. The van der Waals surface area contributed by atoms with E-state index in [0.29, 0.717) is 0 Å². The molecule has 2 rings (SSSR count). The highest BCUT2D eigenvalue weighted by Gasteiger charge is 2.39. The van der Waals surface area contributed by atoms with Crippen LogP contribution in [-0.2, 0) is 25.2 Å². The average molecular weight is 335 g/mol. The minimum absolute atomic E-state index is 0.0501. The topological polar surface area (TPSA) is 52.6 Å². The highest BCUT2D eigenvalue weighted by Crippen LogP contribution is 2.33. The van der Waals surface area contributed by atoms with Gasteiger partial charge in [0.15, 0.2) is 0 Å². The Labute approximate surface area is 128 Å². The van der Waals surface area contributed by atoms with Crippen LogP contribution >= 0.6 is 11.6 Å². The van der Waals surface area contributed by atoms with Crippen LogP contribution in [-0.4, -0.2) is 17.7 Å². The third-order valence-electron chi connectivity index (χ3n) is 2.74. The van der Waals surface area contributed by atoms with Gasteiger partial charge in [0.1, 0.15) is 5.57 Å². The molecule has 4 nitrogen and oxygen atoms in total. The molecule has 8 heteroatoms. The zero-order chi connectivity index (χ0) is 16.7. The van der Waals surface area contributed by atoms with Gasteiger partial charge in [-0.05, 0) is 29.8 Å². The van der Waals surface area contributed by atoms with Crippen molar-refractivity contribution in [2.24, 2.45) is 0 Å². The van der Waals surface area contributed by atoms with Crippen molar-refractivity contribution in [1.82, 2.24) is 0 Å². The fraction of sp³-hybridized carbons (Fsp3) is 0.286. The largest absolute Gasteiger partial charge is 0.419 e. The lowest BCUT2D eigenvalue weighted by atomic mass is 10.1. The minimum atomic E-state index is -4.58. The highest BCUT2D eigenvalue weighted by atomic mass is 35.5. The Bertz CT molecular complexity index is 655. The van der Waals surface area contributed by atoms with Crippen LogP contribution in [0.1, 0.15) is 25.0 Å². The van der Waals surface area contributed by atoms with Crippen LogP contribution in [0.3, 0.4) is 0 Å². The summed E-state index contributed by atoms with van der Waals surface area (Å²) in [5.41, 5.74) is -1.62. The highest BCUT2D eigenvalue weighted by molar-refractivity contribution is 6.32. The minimum Gasteiger partial charge on any atom is -0.419 e. The molecular weight excluding hydrogens is 325 g/mol. The molecule has 1 saturated heterocycles. The molecule has 1 aliphatic rings. The van der Waals surface area contributed by atoms with Gasteiger partial charge in [0.2, 0.25) is 0 Å². The van der Waals surface area contributed by atoms with Gasteiger partial charge in [-0.1, -0.05) is 11.6 Å². The summed E-state index contributed by atoms with van der Waals surface area (Å²) in [6, 6.07) is 2.56. The van der Waals surface area contributed by atoms with Crippen molar-refractivity contribution in [3.8, 4) is 0 Å². The fourth-order valence-electron chi connectivity index (χ4n) is 1.76. The first-order chi connectivity index (χ1) is 9.99. The molecule has 0 spiro atoms. The predicted octanol–water partition coefficient (Wildman–Crippen LogP) is 3.58. The van der Waals surface area contributed by atoms with Gasteiger partial charge in [-0.2, -0.15) is 13.2 Å². The van der Waals surface area contributed by atoms with Gasteiger partial charge in [-0.15, -0.1) is 0 Å². The summed E-state index contributed by atoms with van der Waals surface area (Å²) in [6.45, 7) is 2.72. The summed E-state index contributed by atoms with van der Waals surface area (Å²) < 4.78 is 47.8. The Morgan fingerprint density at radius 3 is 2.18 bits per heavy atom. The summed E-state index contributed by atoms with van der Waals surface area (Å²) in [7, 11) is 0. The van der Waals surface area contributed by atoms with Crippen molar-refractivity contribution in [3.63, 3.8) is 0 Å². The summed E-state index contributed by atoms with van der Waals surface area (Å²) in [5, 5.41) is -0.0501. The van der Waals surface area contributed by atoms with Gasteiger partial charge in [0, 0.05) is 18.9 Å². The molecule has 1 aromatic rings. The molecule has 0 radical (unpaired) electrons. The molecule has 0 saturated carbocycles. The molecule has 0 amide bonds. The normalized spacial score (nSPS) is 17.8. The molecule has 118 valence electrons. The Hall–Kier alpha value is -2.02. The van der Waals surface area contributed by atoms with E-state index < -0.39 is 35.0 Å². The van der Waals surface area contributed by atoms with Gasteiger partial charge < -0.3 is 9.47 Å². The molecule has 0 aromatic heterocycles. The first kappa shape index (κ1) is 16.4. The number of carbonyl (C=O) groups excluding carboxylic acids is 2. The van der Waals surface area contributed by atoms with E-state index in [1.807, 2.05) is 0 Å². The number of cyclic esters (lactones) is 2. The molecule has 0 bridgehead atoms. The average Bonchev–Trinajstić information content (AvgIpc) is 2.33. The van der Waals surface area contributed by atoms with Crippen LogP contribution < -0.4 is 0 Å². The zero-order valence-electron chi connectivity index (χ0n) is 11.5. The second kappa shape index (κ2) is 5.31. The molecule has 0 aliphatic carbocycles. The summed E-state index contributed by atoms with van der Waals surface area (Å²) in [4.78, 5) is 23.5. The van der Waals surface area contributed by atoms with E-state index in [-0.39, 0.29) is 10.6 Å². The number of hydrogen-bond donors (Lipinski definition) is 0. The third-order valence-corrected chi connectivity index (χ3v) is 3.08. The maximum Gasteiger partial charge on any atom is 0.416 e. The van der Waals surface area contributed by atoms with Crippen molar-refractivity contribution in [1.29, 1.82) is 0 Å². The van der Waals surface area contributed by atoms with Crippen molar-refractivity contribution in [2.75, 3.05) is 0 Å². The molecular formula is C14H10ClF3O4. The maximum atomic E-state index is 12.7. The van der Waals surface area contributed by atoms with Crippen molar-refractivity contribution in [3.05, 3.63) is 39.9 Å². The van der Waals surface area contributed by atoms with Gasteiger partial charge in [-0.25, -0.2) is 9.59 Å². The second-order valence-electron chi connectivity index (χ2n) is 4.97. The Kier molecular flexibility index (Phi) is 3.95. The van der Waals surface area contributed by atoms with E-state index >= 15 is 0 Å². The van der Waals surface area contributed by atoms with E-state index in [4.69, 9.17) is 21.1 Å². The number of alkyl halides is 3. The number of esters is 2. The second-order valence-corrected chi connectivity index (χ2v) is 5.38. The van der Waals surface area contributed by atoms with Crippen LogP contribution in [0.15, 0.2) is 23.8 Å². The number of hydrogen-bond acceptors (Lipinski definition) is 4. The van der Waals surface area contributed by atoms with E-state index in [0.717, 1.165) is 24.3 Å². The quantitative estimate of drug-likeness (QED) is 0.447. The standard InChI is InChI=1S/C14H10ClF3O4/c1-13(2)21-11(19)9(12(20)22-13)6-7-5-8(14(16,17)18)3-4-10(7)15/h3-6H,1-2H3. The molecule has 0 atom stereocenters. The van der Waals surface area contributed by atoms with Gasteiger partial charge in [-0.3, -0.25) is 0 Å². The number of benzene rings is 1. The number of carbonyl (C=O) groups is 2. The van der Waals surface area contributed by atoms with Crippen LogP contribution in [0.2, 0.25) is 5.02 Å². The molecule has 1 fully saturated rings. The monoisotopic (exact) mass is 334 g/mol. The number of rotatable bonds is 1. The molecule has 1 heterocycles. The van der Waals surface area contributed by atoms with Gasteiger partial charge >= 0.3 is 18.1 Å². The molecule has 0 unspecified atom stereocenters. The lowest BCUT2D eigenvalue weighted by Gasteiger charge is -2.29. The third kappa shape index (κ3) is 3.41. The zero-order valence-corrected chi connectivity index (χ0v) is 12.2. The van der Waals surface area contributed by atoms with E-state index in [2.05, 4.69) is 0 Å². The smallest absolute Gasteiger partial charge is 0.416 e. The molecule has 22 heavy (non-hydrogen) atoms. The van der Waals surface area contributed by atoms with E-state index in [1.54, 1.807) is 0 Å². The van der Waals surface area contributed by atoms with Crippen LogP contribution in [0, 0.1) is 0 Å². The van der Waals surface area contributed by atoms with E-state index in [9.17, 15) is 22.8 Å². The van der Waals surface area contributed by atoms with Crippen LogP contribution in [0.5, 0.6) is 0 Å². The fourth-order valence-corrected chi connectivity index (χ4v) is 1.94.